The van der Waals surface area contributed by atoms with Gasteiger partial charge in [0.1, 0.15) is 16.4 Å². The Morgan fingerprint density at radius 2 is 1.78 bits per heavy atom. The zero-order chi connectivity index (χ0) is 18.8. The van der Waals surface area contributed by atoms with Crippen LogP contribution in [-0.4, -0.2) is 29.7 Å². The molecule has 3 heterocycles. The first-order valence-corrected chi connectivity index (χ1v) is 10.8. The zero-order valence-corrected chi connectivity index (χ0v) is 17.4. The first-order chi connectivity index (χ1) is 13.2. The van der Waals surface area contributed by atoms with Gasteiger partial charge in [0.05, 0.1) is 12.0 Å². The molecule has 1 saturated heterocycles. The van der Waals surface area contributed by atoms with Gasteiger partial charge >= 0.3 is 0 Å². The van der Waals surface area contributed by atoms with Crippen molar-refractivity contribution >= 4 is 39.0 Å². The Balaban J connectivity index is 1.86. The Bertz CT molecular complexity index is 931. The molecule has 2 aromatic heterocycles. The van der Waals surface area contributed by atoms with Crippen molar-refractivity contribution in [2.24, 2.45) is 0 Å². The summed E-state index contributed by atoms with van der Waals surface area (Å²) in [6.45, 7) is 6.88. The first kappa shape index (κ1) is 18.5. The van der Waals surface area contributed by atoms with E-state index >= 15 is 0 Å². The number of hydrogen-bond donors (Lipinski definition) is 0. The predicted molar refractivity (Wildman–Crippen MR) is 114 cm³/mol. The number of hydrogen-bond acceptors (Lipinski definition) is 5. The van der Waals surface area contributed by atoms with E-state index in [1.165, 1.54) is 41.7 Å². The van der Waals surface area contributed by atoms with Crippen LogP contribution in [0, 0.1) is 6.92 Å². The van der Waals surface area contributed by atoms with Crippen molar-refractivity contribution in [3.8, 4) is 16.9 Å². The third-order valence-corrected chi connectivity index (χ3v) is 6.21. The average molecular weight is 402 g/mol. The fourth-order valence-electron chi connectivity index (χ4n) is 3.81. The molecule has 142 valence electrons. The van der Waals surface area contributed by atoms with Gasteiger partial charge in [-0.2, -0.15) is 4.98 Å². The number of thiophene rings is 1. The second kappa shape index (κ2) is 8.03. The van der Waals surface area contributed by atoms with Crippen LogP contribution in [0.1, 0.15) is 37.5 Å². The summed E-state index contributed by atoms with van der Waals surface area (Å²) in [5.74, 6) is 1.88. The number of benzene rings is 1. The number of nitrogens with zero attached hydrogens (tertiary/aromatic N) is 3. The molecule has 27 heavy (non-hydrogen) atoms. The molecule has 1 aromatic carbocycles. The van der Waals surface area contributed by atoms with E-state index in [-0.39, 0.29) is 0 Å². The molecule has 3 aromatic rings. The predicted octanol–water partition coefficient (Wildman–Crippen LogP) is 6.10. The van der Waals surface area contributed by atoms with Crippen LogP contribution in [0.25, 0.3) is 21.3 Å². The lowest BCUT2D eigenvalue weighted by Crippen LogP contribution is -2.25. The number of rotatable bonds is 4. The van der Waals surface area contributed by atoms with E-state index < -0.39 is 0 Å². The van der Waals surface area contributed by atoms with Gasteiger partial charge in [-0.05, 0) is 56.0 Å². The van der Waals surface area contributed by atoms with Crippen molar-refractivity contribution in [2.45, 2.75) is 39.5 Å². The van der Waals surface area contributed by atoms with Crippen LogP contribution in [0.2, 0.25) is 5.28 Å². The topological polar surface area (TPSA) is 38.3 Å². The Kier molecular flexibility index (Phi) is 5.50. The zero-order valence-electron chi connectivity index (χ0n) is 15.8. The maximum atomic E-state index is 6.29. The Hall–Kier alpha value is -1.85. The number of aryl methyl sites for hydroxylation is 1. The molecule has 0 radical (unpaired) electrons. The first-order valence-electron chi connectivity index (χ1n) is 9.62. The van der Waals surface area contributed by atoms with Gasteiger partial charge in [0.2, 0.25) is 5.28 Å². The third-order valence-electron chi connectivity index (χ3n) is 5.04. The second-order valence-corrected chi connectivity index (χ2v) is 8.43. The highest BCUT2D eigenvalue weighted by Crippen LogP contribution is 2.42. The molecule has 0 atom stereocenters. The molecule has 1 aliphatic rings. The minimum atomic E-state index is 0.334. The molecular weight excluding hydrogens is 378 g/mol. The van der Waals surface area contributed by atoms with Crippen molar-refractivity contribution in [3.63, 3.8) is 0 Å². The highest BCUT2D eigenvalue weighted by atomic mass is 35.5. The lowest BCUT2D eigenvalue weighted by Gasteiger charge is -2.23. The molecule has 0 spiro atoms. The smallest absolute Gasteiger partial charge is 0.225 e. The van der Waals surface area contributed by atoms with Crippen LogP contribution in [0.15, 0.2) is 24.3 Å². The highest BCUT2D eigenvalue weighted by Gasteiger charge is 2.22. The summed E-state index contributed by atoms with van der Waals surface area (Å²) in [7, 11) is 0. The van der Waals surface area contributed by atoms with Gasteiger partial charge in [0.25, 0.3) is 0 Å². The molecule has 0 amide bonds. The lowest BCUT2D eigenvalue weighted by molar-refractivity contribution is 0.340. The fraction of sp³-hybridized carbons (Fsp3) is 0.429. The molecule has 0 unspecified atom stereocenters. The van der Waals surface area contributed by atoms with Crippen molar-refractivity contribution in [2.75, 3.05) is 24.6 Å². The van der Waals surface area contributed by atoms with Crippen molar-refractivity contribution in [1.82, 2.24) is 9.97 Å². The van der Waals surface area contributed by atoms with Gasteiger partial charge in [-0.1, -0.05) is 25.0 Å². The molecule has 0 N–H and O–H groups in total. The summed E-state index contributed by atoms with van der Waals surface area (Å²) in [4.78, 5) is 13.8. The summed E-state index contributed by atoms with van der Waals surface area (Å²) in [5, 5.41) is 1.47. The summed E-state index contributed by atoms with van der Waals surface area (Å²) < 4.78 is 5.60. The van der Waals surface area contributed by atoms with E-state index in [9.17, 15) is 0 Å². The SMILES string of the molecule is CCOc1ccc(-c2c(C)sc3nc(Cl)nc(N4CCCCCC4)c23)cc1. The second-order valence-electron chi connectivity index (χ2n) is 6.89. The minimum Gasteiger partial charge on any atom is -0.494 e. The monoisotopic (exact) mass is 401 g/mol. The largest absolute Gasteiger partial charge is 0.494 e. The summed E-state index contributed by atoms with van der Waals surface area (Å²) in [6, 6.07) is 8.31. The van der Waals surface area contributed by atoms with Gasteiger partial charge in [-0.25, -0.2) is 4.98 Å². The highest BCUT2D eigenvalue weighted by molar-refractivity contribution is 7.19. The standard InChI is InChI=1S/C21H24ClN3OS/c1-3-26-16-10-8-15(9-11-16)17-14(2)27-20-18(17)19(23-21(22)24-20)25-12-6-4-5-7-13-25/h8-11H,3-7,12-13H2,1-2H3. The van der Waals surface area contributed by atoms with Gasteiger partial charge in [0.15, 0.2) is 0 Å². The molecule has 0 aliphatic carbocycles. The molecular formula is C21H24ClN3OS. The van der Waals surface area contributed by atoms with E-state index in [0.717, 1.165) is 34.9 Å². The fourth-order valence-corrected chi connectivity index (χ4v) is 5.07. The molecule has 6 heteroatoms. The van der Waals surface area contributed by atoms with E-state index in [4.69, 9.17) is 16.3 Å². The average Bonchev–Trinajstić information content (AvgIpc) is 2.84. The third kappa shape index (κ3) is 3.76. The molecule has 1 aliphatic heterocycles. The molecule has 0 bridgehead atoms. The summed E-state index contributed by atoms with van der Waals surface area (Å²) >= 11 is 7.98. The number of aromatic nitrogens is 2. The minimum absolute atomic E-state index is 0.334. The van der Waals surface area contributed by atoms with E-state index in [0.29, 0.717) is 11.9 Å². The Morgan fingerprint density at radius 1 is 1.07 bits per heavy atom. The molecule has 0 saturated carbocycles. The maximum absolute atomic E-state index is 6.29. The quantitative estimate of drug-likeness (QED) is 0.495. The van der Waals surface area contributed by atoms with Gasteiger partial charge in [0, 0.05) is 23.5 Å². The van der Waals surface area contributed by atoms with Crippen molar-refractivity contribution < 1.29 is 4.74 Å². The number of fused-ring (bicyclic) bond motifs is 1. The van der Waals surface area contributed by atoms with Crippen LogP contribution < -0.4 is 9.64 Å². The Labute approximate surface area is 169 Å². The van der Waals surface area contributed by atoms with E-state index in [1.54, 1.807) is 11.3 Å². The van der Waals surface area contributed by atoms with Gasteiger partial charge in [-0.3, -0.25) is 0 Å². The molecule has 4 nitrogen and oxygen atoms in total. The van der Waals surface area contributed by atoms with Gasteiger partial charge < -0.3 is 9.64 Å². The maximum Gasteiger partial charge on any atom is 0.225 e. The van der Waals surface area contributed by atoms with Crippen LogP contribution in [0.5, 0.6) is 5.75 Å². The van der Waals surface area contributed by atoms with Crippen molar-refractivity contribution in [3.05, 3.63) is 34.4 Å². The number of ether oxygens (including phenoxy) is 1. The van der Waals surface area contributed by atoms with Crippen LogP contribution in [0.3, 0.4) is 0 Å². The summed E-state index contributed by atoms with van der Waals surface area (Å²) in [5.41, 5.74) is 2.39. The lowest BCUT2D eigenvalue weighted by atomic mass is 10.0. The Morgan fingerprint density at radius 3 is 2.44 bits per heavy atom. The normalized spacial score (nSPS) is 15.1. The molecule has 1 fully saturated rings. The molecule has 4 rings (SSSR count). The van der Waals surface area contributed by atoms with E-state index in [2.05, 4.69) is 33.9 Å². The van der Waals surface area contributed by atoms with Crippen LogP contribution >= 0.6 is 22.9 Å². The van der Waals surface area contributed by atoms with Gasteiger partial charge in [-0.15, -0.1) is 11.3 Å². The van der Waals surface area contributed by atoms with Crippen LogP contribution in [-0.2, 0) is 0 Å². The van der Waals surface area contributed by atoms with E-state index in [1.807, 2.05) is 19.1 Å². The summed E-state index contributed by atoms with van der Waals surface area (Å²) in [6.07, 6.45) is 4.97. The van der Waals surface area contributed by atoms with Crippen molar-refractivity contribution in [1.29, 1.82) is 0 Å². The number of anilines is 1. The number of halogens is 1. The van der Waals surface area contributed by atoms with Crippen LogP contribution in [0.4, 0.5) is 5.82 Å².